The maximum atomic E-state index is 2.34. The zero-order valence-electron chi connectivity index (χ0n) is 6.82. The van der Waals surface area contributed by atoms with Gasteiger partial charge in [-0.25, -0.2) is 0 Å². The maximum absolute atomic E-state index is 2.34. The largest absolute Gasteiger partial charge is 0.0741 e. The monoisotopic (exact) mass is 136 g/mol. The first-order valence-corrected chi connectivity index (χ1v) is 4.54. The highest BCUT2D eigenvalue weighted by Gasteiger charge is 2.21. The van der Waals surface area contributed by atoms with Crippen molar-refractivity contribution in [3.8, 4) is 0 Å². The molecule has 0 spiro atoms. The van der Waals surface area contributed by atoms with Crippen molar-refractivity contribution in [1.82, 2.24) is 0 Å². The van der Waals surface area contributed by atoms with Crippen LogP contribution in [0.25, 0.3) is 0 Å². The van der Waals surface area contributed by atoms with E-state index >= 15 is 0 Å². The predicted molar refractivity (Wildman–Crippen MR) is 43.9 cm³/mol. The first kappa shape index (κ1) is 6.45. The molecule has 3 rings (SSSR count). The fourth-order valence-corrected chi connectivity index (χ4v) is 2.34. The lowest BCUT2D eigenvalue weighted by molar-refractivity contribution is 0.403. The molecule has 0 aromatic carbocycles. The van der Waals surface area contributed by atoms with E-state index in [1.165, 1.54) is 38.5 Å². The topological polar surface area (TPSA) is 0 Å². The first-order chi connectivity index (χ1) is 4.86. The van der Waals surface area contributed by atoms with E-state index in [0.29, 0.717) is 0 Å². The summed E-state index contributed by atoms with van der Waals surface area (Å²) in [5.41, 5.74) is 3.52. The van der Waals surface area contributed by atoms with Crippen molar-refractivity contribution in [1.29, 1.82) is 0 Å². The number of hydrogen-bond donors (Lipinski definition) is 0. The average molecular weight is 136 g/mol. The molecule has 1 saturated carbocycles. The zero-order chi connectivity index (χ0) is 6.97. The Morgan fingerprint density at radius 2 is 1.60 bits per heavy atom. The quantitative estimate of drug-likeness (QED) is 0.448. The van der Waals surface area contributed by atoms with Gasteiger partial charge in [0.1, 0.15) is 0 Å². The Balaban J connectivity index is 2.23. The molecular formula is C10H16. The van der Waals surface area contributed by atoms with Crippen molar-refractivity contribution >= 4 is 0 Å². The van der Waals surface area contributed by atoms with E-state index in [4.69, 9.17) is 0 Å². The van der Waals surface area contributed by atoms with Gasteiger partial charge in [-0.2, -0.15) is 0 Å². The van der Waals surface area contributed by atoms with Crippen LogP contribution in [0.4, 0.5) is 0 Å². The van der Waals surface area contributed by atoms with Crippen LogP contribution in [-0.2, 0) is 0 Å². The molecule has 0 unspecified atom stereocenters. The third-order valence-electron chi connectivity index (χ3n) is 3.24. The van der Waals surface area contributed by atoms with Crippen molar-refractivity contribution < 1.29 is 0 Å². The summed E-state index contributed by atoms with van der Waals surface area (Å²) in [7, 11) is 0. The Morgan fingerprint density at radius 1 is 1.00 bits per heavy atom. The second-order valence-corrected chi connectivity index (χ2v) is 3.87. The zero-order valence-corrected chi connectivity index (χ0v) is 6.82. The molecule has 0 nitrogen and oxygen atoms in total. The smallest absolute Gasteiger partial charge is 0.0315 e. The highest BCUT2D eigenvalue weighted by molar-refractivity contribution is 5.16. The van der Waals surface area contributed by atoms with Gasteiger partial charge in [0.15, 0.2) is 0 Å². The van der Waals surface area contributed by atoms with Gasteiger partial charge in [0.2, 0.25) is 0 Å². The number of rotatable bonds is 0. The van der Waals surface area contributed by atoms with Crippen molar-refractivity contribution in [3.05, 3.63) is 11.1 Å². The molecule has 0 N–H and O–H groups in total. The molecule has 3 aliphatic rings. The van der Waals surface area contributed by atoms with Gasteiger partial charge in [-0.3, -0.25) is 0 Å². The Bertz CT molecular complexity index is 155. The number of hydrogen-bond acceptors (Lipinski definition) is 0. The molecule has 1 fully saturated rings. The Morgan fingerprint density at radius 3 is 2.30 bits per heavy atom. The van der Waals surface area contributed by atoms with E-state index in [1.807, 2.05) is 0 Å². The van der Waals surface area contributed by atoms with E-state index in [2.05, 4.69) is 6.92 Å². The van der Waals surface area contributed by atoms with E-state index in [0.717, 1.165) is 5.92 Å². The molecule has 0 saturated heterocycles. The fraction of sp³-hybridized carbons (Fsp3) is 0.800. The van der Waals surface area contributed by atoms with Gasteiger partial charge in [0.25, 0.3) is 0 Å². The van der Waals surface area contributed by atoms with Crippen LogP contribution in [0.3, 0.4) is 0 Å². The van der Waals surface area contributed by atoms with Crippen LogP contribution in [0.15, 0.2) is 11.1 Å². The molecule has 0 atom stereocenters. The van der Waals surface area contributed by atoms with Crippen molar-refractivity contribution in [2.75, 3.05) is 0 Å². The van der Waals surface area contributed by atoms with Crippen molar-refractivity contribution in [2.24, 2.45) is 5.92 Å². The molecule has 0 aliphatic heterocycles. The Hall–Kier alpha value is -0.260. The molecule has 0 heterocycles. The summed E-state index contributed by atoms with van der Waals surface area (Å²) in [5.74, 6) is 1.08. The third-order valence-corrected chi connectivity index (χ3v) is 3.24. The minimum atomic E-state index is 1.08. The molecule has 10 heavy (non-hydrogen) atoms. The normalized spacial score (nSPS) is 27.3. The second-order valence-electron chi connectivity index (χ2n) is 3.87. The van der Waals surface area contributed by atoms with E-state index in [-0.39, 0.29) is 0 Å². The summed E-state index contributed by atoms with van der Waals surface area (Å²) in [6.45, 7) is 2.34. The SMILES string of the molecule is CC1=C2CCC(CC1)CC2. The van der Waals surface area contributed by atoms with Crippen LogP contribution in [0.1, 0.15) is 45.4 Å². The molecule has 2 bridgehead atoms. The summed E-state index contributed by atoms with van der Waals surface area (Å²) in [6.07, 6.45) is 8.72. The molecule has 0 radical (unpaired) electrons. The summed E-state index contributed by atoms with van der Waals surface area (Å²) in [6, 6.07) is 0. The van der Waals surface area contributed by atoms with Gasteiger partial charge >= 0.3 is 0 Å². The van der Waals surface area contributed by atoms with Crippen molar-refractivity contribution in [2.45, 2.75) is 45.4 Å². The molecule has 0 aromatic heterocycles. The Labute approximate surface area is 63.3 Å². The van der Waals surface area contributed by atoms with Gasteiger partial charge in [-0.15, -0.1) is 0 Å². The summed E-state index contributed by atoms with van der Waals surface area (Å²) in [5, 5.41) is 0. The van der Waals surface area contributed by atoms with Gasteiger partial charge in [0, 0.05) is 0 Å². The predicted octanol–water partition coefficient (Wildman–Crippen LogP) is 3.29. The lowest BCUT2D eigenvalue weighted by atomic mass is 9.87. The van der Waals surface area contributed by atoms with Gasteiger partial charge < -0.3 is 0 Å². The molecule has 0 heteroatoms. The lowest BCUT2D eigenvalue weighted by Crippen LogP contribution is -2.03. The van der Waals surface area contributed by atoms with E-state index < -0.39 is 0 Å². The summed E-state index contributed by atoms with van der Waals surface area (Å²) < 4.78 is 0. The number of fused-ring (bicyclic) bond motifs is 4. The average Bonchev–Trinajstić information content (AvgIpc) is 2.24. The van der Waals surface area contributed by atoms with Crippen LogP contribution < -0.4 is 0 Å². The second kappa shape index (κ2) is 2.41. The number of allylic oxidation sites excluding steroid dienone is 2. The summed E-state index contributed by atoms with van der Waals surface area (Å²) >= 11 is 0. The van der Waals surface area contributed by atoms with Crippen molar-refractivity contribution in [3.63, 3.8) is 0 Å². The van der Waals surface area contributed by atoms with E-state index in [9.17, 15) is 0 Å². The highest BCUT2D eigenvalue weighted by Crippen LogP contribution is 2.38. The third kappa shape index (κ3) is 1.00. The van der Waals surface area contributed by atoms with Crippen LogP contribution >= 0.6 is 0 Å². The maximum Gasteiger partial charge on any atom is -0.0315 e. The van der Waals surface area contributed by atoms with Gasteiger partial charge in [-0.1, -0.05) is 11.1 Å². The van der Waals surface area contributed by atoms with Gasteiger partial charge in [0.05, 0.1) is 0 Å². The standard InChI is InChI=1S/C10H16/c1-8-2-3-9-4-6-10(8)7-5-9/h9H,2-7H2,1H3. The molecule has 3 aliphatic carbocycles. The van der Waals surface area contributed by atoms with Gasteiger partial charge in [-0.05, 0) is 51.4 Å². The minimum absolute atomic E-state index is 1.08. The molecule has 0 amide bonds. The van der Waals surface area contributed by atoms with Crippen LogP contribution in [0.2, 0.25) is 0 Å². The first-order valence-electron chi connectivity index (χ1n) is 4.54. The fourth-order valence-electron chi connectivity index (χ4n) is 2.34. The molecular weight excluding hydrogens is 120 g/mol. The molecule has 56 valence electrons. The van der Waals surface area contributed by atoms with E-state index in [1.54, 1.807) is 11.1 Å². The molecule has 0 aromatic rings. The minimum Gasteiger partial charge on any atom is -0.0741 e. The van der Waals surface area contributed by atoms with Crippen LogP contribution in [0.5, 0.6) is 0 Å². The lowest BCUT2D eigenvalue weighted by Gasteiger charge is -2.19. The van der Waals surface area contributed by atoms with Crippen LogP contribution in [-0.4, -0.2) is 0 Å². The summed E-state index contributed by atoms with van der Waals surface area (Å²) in [4.78, 5) is 0. The van der Waals surface area contributed by atoms with Crippen LogP contribution in [0, 0.1) is 5.92 Å². The highest BCUT2D eigenvalue weighted by atomic mass is 14.3. The Kier molecular flexibility index (Phi) is 1.55.